The SMILES string of the molecule is CCCCCCON=C(OC)c1ccc(C(=O)c2cc3c(cc2C)C(C)(C)CCC3(C)C)cc1. The van der Waals surface area contributed by atoms with Gasteiger partial charge in [-0.05, 0) is 83.5 Å². The van der Waals surface area contributed by atoms with Gasteiger partial charge in [-0.3, -0.25) is 4.79 Å². The molecular formula is C30H41NO3. The van der Waals surface area contributed by atoms with Crippen LogP contribution in [0.15, 0.2) is 41.6 Å². The number of methoxy groups -OCH3 is 1. The number of hydrogen-bond acceptors (Lipinski definition) is 4. The first-order chi connectivity index (χ1) is 16.1. The summed E-state index contributed by atoms with van der Waals surface area (Å²) in [6.45, 7) is 14.0. The van der Waals surface area contributed by atoms with Crippen molar-refractivity contribution in [2.24, 2.45) is 5.16 Å². The second-order valence-corrected chi connectivity index (χ2v) is 10.9. The van der Waals surface area contributed by atoms with E-state index in [0.717, 1.165) is 42.4 Å². The fraction of sp³-hybridized carbons (Fsp3) is 0.533. The number of rotatable bonds is 9. The minimum atomic E-state index is 0.0501. The lowest BCUT2D eigenvalue weighted by atomic mass is 9.62. The van der Waals surface area contributed by atoms with Gasteiger partial charge in [-0.2, -0.15) is 0 Å². The Morgan fingerprint density at radius 2 is 1.50 bits per heavy atom. The highest BCUT2D eigenvalue weighted by atomic mass is 16.6. The predicted octanol–water partition coefficient (Wildman–Crippen LogP) is 7.48. The van der Waals surface area contributed by atoms with E-state index in [1.54, 1.807) is 7.11 Å². The van der Waals surface area contributed by atoms with Crippen LogP contribution in [0.3, 0.4) is 0 Å². The molecule has 4 nitrogen and oxygen atoms in total. The van der Waals surface area contributed by atoms with Crippen LogP contribution in [0.2, 0.25) is 0 Å². The number of oxime groups is 1. The molecule has 2 aromatic carbocycles. The van der Waals surface area contributed by atoms with Gasteiger partial charge in [0.05, 0.1) is 7.11 Å². The van der Waals surface area contributed by atoms with Gasteiger partial charge in [0.1, 0.15) is 6.61 Å². The molecule has 0 aromatic heterocycles. The Labute approximate surface area is 205 Å². The lowest BCUT2D eigenvalue weighted by Crippen LogP contribution is -2.34. The minimum absolute atomic E-state index is 0.0501. The second kappa shape index (κ2) is 10.8. The van der Waals surface area contributed by atoms with Gasteiger partial charge in [0, 0.05) is 16.7 Å². The normalized spacial score (nSPS) is 16.6. The van der Waals surface area contributed by atoms with Crippen molar-refractivity contribution in [3.63, 3.8) is 0 Å². The molecular weight excluding hydrogens is 422 g/mol. The molecule has 0 saturated carbocycles. The molecule has 1 aliphatic carbocycles. The van der Waals surface area contributed by atoms with Crippen LogP contribution < -0.4 is 0 Å². The van der Waals surface area contributed by atoms with Gasteiger partial charge in [-0.1, -0.05) is 65.7 Å². The molecule has 1 aliphatic rings. The Balaban J connectivity index is 1.81. The van der Waals surface area contributed by atoms with E-state index in [2.05, 4.69) is 51.9 Å². The number of carbonyl (C=O) groups excluding carboxylic acids is 1. The molecule has 0 N–H and O–H groups in total. The number of benzene rings is 2. The Morgan fingerprint density at radius 3 is 2.09 bits per heavy atom. The number of hydrogen-bond donors (Lipinski definition) is 0. The van der Waals surface area contributed by atoms with E-state index >= 15 is 0 Å². The summed E-state index contributed by atoms with van der Waals surface area (Å²) in [5, 5.41) is 4.14. The zero-order valence-corrected chi connectivity index (χ0v) is 22.1. The molecule has 0 atom stereocenters. The summed E-state index contributed by atoms with van der Waals surface area (Å²) < 4.78 is 5.41. The van der Waals surface area contributed by atoms with Gasteiger partial charge >= 0.3 is 0 Å². The van der Waals surface area contributed by atoms with Crippen molar-refractivity contribution >= 4 is 11.7 Å². The fourth-order valence-electron chi connectivity index (χ4n) is 4.79. The molecule has 4 heteroatoms. The van der Waals surface area contributed by atoms with Crippen molar-refractivity contribution < 1.29 is 14.4 Å². The highest BCUT2D eigenvalue weighted by Crippen LogP contribution is 2.46. The summed E-state index contributed by atoms with van der Waals surface area (Å²) in [4.78, 5) is 18.9. The maximum absolute atomic E-state index is 13.5. The standard InChI is InChI=1S/C30H41NO3/c1-8-9-10-11-18-34-31-28(33-7)23-14-12-22(13-15-23)27(32)24-20-26-25(19-21(24)2)29(3,4)16-17-30(26,5)6/h12-15,19-20H,8-11,16-18H2,1-7H3. The lowest BCUT2D eigenvalue weighted by molar-refractivity contribution is 0.103. The number of nitrogens with zero attached hydrogens (tertiary/aromatic N) is 1. The highest BCUT2D eigenvalue weighted by Gasteiger charge is 2.37. The van der Waals surface area contributed by atoms with Gasteiger partial charge in [0.25, 0.3) is 5.90 Å². The fourth-order valence-corrected chi connectivity index (χ4v) is 4.79. The van der Waals surface area contributed by atoms with Crippen molar-refractivity contribution in [2.45, 2.75) is 90.9 Å². The zero-order valence-electron chi connectivity index (χ0n) is 22.1. The summed E-state index contributed by atoms with van der Waals surface area (Å²) in [6, 6.07) is 11.8. The highest BCUT2D eigenvalue weighted by molar-refractivity contribution is 6.10. The molecule has 0 amide bonds. The average Bonchev–Trinajstić information content (AvgIpc) is 2.81. The summed E-state index contributed by atoms with van der Waals surface area (Å²) in [5.41, 5.74) is 6.16. The van der Waals surface area contributed by atoms with Crippen LogP contribution in [-0.4, -0.2) is 25.4 Å². The van der Waals surface area contributed by atoms with E-state index in [0.29, 0.717) is 18.1 Å². The topological polar surface area (TPSA) is 47.9 Å². The number of carbonyl (C=O) groups is 1. The number of ether oxygens (including phenoxy) is 1. The molecule has 0 unspecified atom stereocenters. The van der Waals surface area contributed by atoms with Crippen molar-refractivity contribution in [2.75, 3.05) is 13.7 Å². The number of ketones is 1. The molecule has 0 heterocycles. The number of fused-ring (bicyclic) bond motifs is 1. The van der Waals surface area contributed by atoms with E-state index in [-0.39, 0.29) is 16.6 Å². The molecule has 0 aliphatic heterocycles. The Kier molecular flexibility index (Phi) is 8.22. The van der Waals surface area contributed by atoms with Crippen LogP contribution >= 0.6 is 0 Å². The van der Waals surface area contributed by atoms with Crippen LogP contribution in [0.4, 0.5) is 0 Å². The van der Waals surface area contributed by atoms with Crippen LogP contribution in [0.25, 0.3) is 0 Å². The molecule has 0 bridgehead atoms. The zero-order chi connectivity index (χ0) is 24.9. The van der Waals surface area contributed by atoms with Gasteiger partial charge in [0.2, 0.25) is 0 Å². The second-order valence-electron chi connectivity index (χ2n) is 10.9. The number of aryl methyl sites for hydroxylation is 1. The molecule has 184 valence electrons. The van der Waals surface area contributed by atoms with E-state index in [1.165, 1.54) is 24.0 Å². The Morgan fingerprint density at radius 1 is 0.912 bits per heavy atom. The van der Waals surface area contributed by atoms with E-state index < -0.39 is 0 Å². The maximum Gasteiger partial charge on any atom is 0.257 e. The molecule has 0 radical (unpaired) electrons. The van der Waals surface area contributed by atoms with Gasteiger partial charge in [0.15, 0.2) is 5.78 Å². The first kappa shape index (κ1) is 26.0. The van der Waals surface area contributed by atoms with Crippen molar-refractivity contribution in [3.05, 3.63) is 69.8 Å². The minimum Gasteiger partial charge on any atom is -0.479 e. The maximum atomic E-state index is 13.5. The average molecular weight is 464 g/mol. The van der Waals surface area contributed by atoms with Crippen LogP contribution in [-0.2, 0) is 20.4 Å². The Hall–Kier alpha value is -2.62. The molecule has 3 rings (SSSR count). The summed E-state index contributed by atoms with van der Waals surface area (Å²) in [5.74, 6) is 0.470. The largest absolute Gasteiger partial charge is 0.479 e. The molecule has 0 fully saturated rings. The molecule has 0 spiro atoms. The predicted molar refractivity (Wildman–Crippen MR) is 140 cm³/mol. The number of unbranched alkanes of at least 4 members (excludes halogenated alkanes) is 3. The molecule has 2 aromatic rings. The first-order valence-electron chi connectivity index (χ1n) is 12.7. The first-order valence-corrected chi connectivity index (χ1v) is 12.7. The van der Waals surface area contributed by atoms with Gasteiger partial charge < -0.3 is 9.57 Å². The summed E-state index contributed by atoms with van der Waals surface area (Å²) >= 11 is 0. The quantitative estimate of drug-likeness (QED) is 0.127. The van der Waals surface area contributed by atoms with Crippen molar-refractivity contribution in [1.29, 1.82) is 0 Å². The van der Waals surface area contributed by atoms with Crippen LogP contribution in [0.5, 0.6) is 0 Å². The van der Waals surface area contributed by atoms with Crippen LogP contribution in [0.1, 0.15) is 111 Å². The van der Waals surface area contributed by atoms with Crippen molar-refractivity contribution in [3.8, 4) is 0 Å². The van der Waals surface area contributed by atoms with E-state index in [4.69, 9.17) is 9.57 Å². The smallest absolute Gasteiger partial charge is 0.257 e. The molecule has 0 saturated heterocycles. The van der Waals surface area contributed by atoms with Crippen LogP contribution in [0, 0.1) is 6.92 Å². The van der Waals surface area contributed by atoms with Gasteiger partial charge in [-0.25, -0.2) is 0 Å². The van der Waals surface area contributed by atoms with E-state index in [9.17, 15) is 4.79 Å². The third-order valence-corrected chi connectivity index (χ3v) is 7.27. The summed E-state index contributed by atoms with van der Waals surface area (Å²) in [7, 11) is 1.58. The summed E-state index contributed by atoms with van der Waals surface area (Å²) in [6.07, 6.45) is 6.81. The van der Waals surface area contributed by atoms with Gasteiger partial charge in [-0.15, -0.1) is 0 Å². The monoisotopic (exact) mass is 463 g/mol. The molecule has 34 heavy (non-hydrogen) atoms. The van der Waals surface area contributed by atoms with E-state index in [1.807, 2.05) is 31.2 Å². The third-order valence-electron chi connectivity index (χ3n) is 7.27. The van der Waals surface area contributed by atoms with Crippen molar-refractivity contribution in [1.82, 2.24) is 0 Å². The Bertz CT molecular complexity index is 1030. The lowest BCUT2D eigenvalue weighted by Gasteiger charge is -2.42. The third kappa shape index (κ3) is 5.71.